The van der Waals surface area contributed by atoms with Crippen molar-refractivity contribution >= 4 is 61.7 Å². The van der Waals surface area contributed by atoms with Gasteiger partial charge in [-0.15, -0.1) is 28.1 Å². The van der Waals surface area contributed by atoms with Crippen LogP contribution in [0.5, 0.6) is 5.75 Å². The fraction of sp³-hybridized carbons (Fsp3) is 0.200. The van der Waals surface area contributed by atoms with Crippen LogP contribution < -0.4 is 10.1 Å². The minimum Gasteiger partial charge on any atom is -0.481 e. The minimum absolute atomic E-state index is 0.154. The zero-order valence-corrected chi connectivity index (χ0v) is 23.5. The number of carbonyl (C=O) groups is 1. The van der Waals surface area contributed by atoms with Crippen LogP contribution in [-0.4, -0.2) is 31.4 Å². The molecule has 0 fully saturated rings. The molecule has 11 heteroatoms. The molecule has 0 spiro atoms. The molecule has 2 aromatic carbocycles. The van der Waals surface area contributed by atoms with E-state index in [2.05, 4.69) is 43.0 Å². The first-order chi connectivity index (χ1) is 17.3. The van der Waals surface area contributed by atoms with Crippen molar-refractivity contribution in [2.75, 3.05) is 11.1 Å². The van der Waals surface area contributed by atoms with Crippen LogP contribution >= 0.6 is 50.6 Å². The Hall–Kier alpha value is -2.66. The Balaban J connectivity index is 1.40. The number of hydrogen-bond acceptors (Lipinski definition) is 7. The normalized spacial score (nSPS) is 11.8. The number of aromatic nitrogens is 4. The van der Waals surface area contributed by atoms with Gasteiger partial charge in [-0.2, -0.15) is 0 Å². The predicted molar refractivity (Wildman–Crippen MR) is 150 cm³/mol. The summed E-state index contributed by atoms with van der Waals surface area (Å²) in [5.41, 5.74) is 2.84. The van der Waals surface area contributed by atoms with Gasteiger partial charge in [-0.05, 0) is 43.7 Å². The number of halogens is 2. The number of ether oxygens (including phenoxy) is 1. The second kappa shape index (κ2) is 12.1. The van der Waals surface area contributed by atoms with Gasteiger partial charge in [0.1, 0.15) is 5.75 Å². The van der Waals surface area contributed by atoms with Gasteiger partial charge in [0, 0.05) is 22.0 Å². The molecular formula is C25H23BrClN5O2S2. The van der Waals surface area contributed by atoms with Crippen molar-refractivity contribution < 1.29 is 9.53 Å². The molecule has 36 heavy (non-hydrogen) atoms. The van der Waals surface area contributed by atoms with Gasteiger partial charge < -0.3 is 10.1 Å². The second-order valence-electron chi connectivity index (χ2n) is 7.82. The van der Waals surface area contributed by atoms with Crippen LogP contribution in [0.4, 0.5) is 5.13 Å². The molecule has 7 nitrogen and oxygen atoms in total. The molecule has 0 aliphatic heterocycles. The van der Waals surface area contributed by atoms with Crippen LogP contribution in [0.1, 0.15) is 24.4 Å². The van der Waals surface area contributed by atoms with Crippen LogP contribution in [0.25, 0.3) is 11.3 Å². The van der Waals surface area contributed by atoms with E-state index in [0.717, 1.165) is 21.3 Å². The van der Waals surface area contributed by atoms with Crippen molar-refractivity contribution in [3.05, 3.63) is 81.4 Å². The number of thioether (sulfide) groups is 1. The van der Waals surface area contributed by atoms with E-state index < -0.39 is 6.10 Å². The summed E-state index contributed by atoms with van der Waals surface area (Å²) in [5, 5.41) is 15.1. The molecule has 0 radical (unpaired) electrons. The van der Waals surface area contributed by atoms with Crippen LogP contribution in [0.3, 0.4) is 0 Å². The van der Waals surface area contributed by atoms with E-state index >= 15 is 0 Å². The number of thiazole rings is 1. The third-order valence-corrected chi connectivity index (χ3v) is 7.60. The van der Waals surface area contributed by atoms with E-state index in [1.807, 2.05) is 60.2 Å². The molecule has 0 aliphatic carbocycles. The lowest BCUT2D eigenvalue weighted by molar-refractivity contribution is -0.113. The van der Waals surface area contributed by atoms with Crippen LogP contribution in [0, 0.1) is 6.92 Å². The third kappa shape index (κ3) is 6.56. The first-order valence-corrected chi connectivity index (χ1v) is 14.0. The maximum absolute atomic E-state index is 12.6. The largest absolute Gasteiger partial charge is 0.481 e. The molecule has 0 bridgehead atoms. The van der Waals surface area contributed by atoms with Crippen LogP contribution in [0.15, 0.2) is 70.1 Å². The zero-order chi connectivity index (χ0) is 25.7. The molecule has 0 saturated carbocycles. The van der Waals surface area contributed by atoms with Crippen molar-refractivity contribution in [1.29, 1.82) is 0 Å². The monoisotopic (exact) mass is 603 g/mol. The number of rotatable bonds is 10. The number of carbonyl (C=O) groups excluding carboxylic acids is 1. The second-order valence-corrected chi connectivity index (χ2v) is 10.9. The highest BCUT2D eigenvalue weighted by Gasteiger charge is 2.21. The zero-order valence-electron chi connectivity index (χ0n) is 19.6. The molecule has 1 atom stereocenters. The smallest absolute Gasteiger partial charge is 0.236 e. The number of allylic oxidation sites excluding steroid dienone is 1. The van der Waals surface area contributed by atoms with E-state index in [4.69, 9.17) is 16.3 Å². The number of hydrogen-bond donors (Lipinski definition) is 1. The summed E-state index contributed by atoms with van der Waals surface area (Å²) in [6.45, 7) is 8.17. The average Bonchev–Trinajstić information content (AvgIpc) is 3.48. The number of benzene rings is 2. The van der Waals surface area contributed by atoms with E-state index in [1.165, 1.54) is 23.1 Å². The fourth-order valence-electron chi connectivity index (χ4n) is 3.32. The molecule has 1 unspecified atom stereocenters. The Morgan fingerprint density at radius 2 is 2.08 bits per heavy atom. The van der Waals surface area contributed by atoms with Crippen molar-refractivity contribution in [3.63, 3.8) is 0 Å². The molecular weight excluding hydrogens is 582 g/mol. The van der Waals surface area contributed by atoms with Gasteiger partial charge >= 0.3 is 0 Å². The van der Waals surface area contributed by atoms with Crippen molar-refractivity contribution in [2.24, 2.45) is 0 Å². The molecule has 4 aromatic rings. The summed E-state index contributed by atoms with van der Waals surface area (Å²) in [4.78, 5) is 17.1. The first kappa shape index (κ1) is 26.4. The Labute approximate surface area is 231 Å². The highest BCUT2D eigenvalue weighted by Crippen LogP contribution is 2.31. The lowest BCUT2D eigenvalue weighted by atomic mass is 10.2. The molecule has 0 saturated heterocycles. The van der Waals surface area contributed by atoms with Gasteiger partial charge in [0.05, 0.1) is 16.5 Å². The number of aryl methyl sites for hydroxylation is 1. The van der Waals surface area contributed by atoms with Gasteiger partial charge in [-0.3, -0.25) is 9.36 Å². The maximum Gasteiger partial charge on any atom is 0.236 e. The molecule has 2 aromatic heterocycles. The SMILES string of the molecule is C=CCn1c(SCC(=O)Nc2nc(-c3ccc(Br)cc3)cs2)nnc1C(C)Oc1cc(C)ccc1Cl. The summed E-state index contributed by atoms with van der Waals surface area (Å²) in [6, 6.07) is 13.5. The van der Waals surface area contributed by atoms with Crippen LogP contribution in [-0.2, 0) is 11.3 Å². The van der Waals surface area contributed by atoms with E-state index in [-0.39, 0.29) is 11.7 Å². The average molecular weight is 605 g/mol. The standard InChI is InChI=1S/C25H23BrClN5O2S2/c1-4-11-32-23(16(3)34-21-12-15(2)5-10-19(21)27)30-31-25(32)36-14-22(33)29-24-28-20(13-35-24)17-6-8-18(26)9-7-17/h4-10,12-13,16H,1,11,14H2,2-3H3,(H,28,29,33). The Bertz CT molecular complexity index is 1370. The third-order valence-electron chi connectivity index (χ3n) is 5.03. The van der Waals surface area contributed by atoms with Gasteiger partial charge in [0.2, 0.25) is 5.91 Å². The summed E-state index contributed by atoms with van der Waals surface area (Å²) >= 11 is 12.4. The van der Waals surface area contributed by atoms with Crippen molar-refractivity contribution in [2.45, 2.75) is 31.7 Å². The molecule has 0 aliphatic rings. The fourth-order valence-corrected chi connectivity index (χ4v) is 5.24. The topological polar surface area (TPSA) is 81.9 Å². The quantitative estimate of drug-likeness (QED) is 0.153. The lowest BCUT2D eigenvalue weighted by Gasteiger charge is -2.17. The summed E-state index contributed by atoms with van der Waals surface area (Å²) in [5.74, 6) is 1.18. The molecule has 4 rings (SSSR count). The number of nitrogens with one attached hydrogen (secondary N) is 1. The Kier molecular flexibility index (Phi) is 8.84. The van der Waals surface area contributed by atoms with Crippen molar-refractivity contribution in [1.82, 2.24) is 19.7 Å². The molecule has 1 amide bonds. The maximum atomic E-state index is 12.6. The minimum atomic E-state index is -0.410. The molecule has 2 heterocycles. The number of anilines is 1. The first-order valence-electron chi connectivity index (χ1n) is 10.9. The summed E-state index contributed by atoms with van der Waals surface area (Å²) in [7, 11) is 0. The lowest BCUT2D eigenvalue weighted by Crippen LogP contribution is -2.15. The van der Waals surface area contributed by atoms with Gasteiger partial charge in [-0.25, -0.2) is 4.98 Å². The predicted octanol–water partition coefficient (Wildman–Crippen LogP) is 7.18. The van der Waals surface area contributed by atoms with Gasteiger partial charge in [0.15, 0.2) is 22.2 Å². The highest BCUT2D eigenvalue weighted by atomic mass is 79.9. The number of amides is 1. The summed E-state index contributed by atoms with van der Waals surface area (Å²) < 4.78 is 8.96. The molecule has 1 N–H and O–H groups in total. The van der Waals surface area contributed by atoms with E-state index in [1.54, 1.807) is 12.1 Å². The Morgan fingerprint density at radius 3 is 2.83 bits per heavy atom. The van der Waals surface area contributed by atoms with E-state index in [9.17, 15) is 4.79 Å². The number of nitrogens with zero attached hydrogens (tertiary/aromatic N) is 4. The Morgan fingerprint density at radius 1 is 1.31 bits per heavy atom. The van der Waals surface area contributed by atoms with Crippen LogP contribution in [0.2, 0.25) is 5.02 Å². The van der Waals surface area contributed by atoms with E-state index in [0.29, 0.717) is 33.4 Å². The van der Waals surface area contributed by atoms with Gasteiger partial charge in [0.25, 0.3) is 0 Å². The summed E-state index contributed by atoms with van der Waals surface area (Å²) in [6.07, 6.45) is 1.34. The highest BCUT2D eigenvalue weighted by molar-refractivity contribution is 9.10. The molecule has 186 valence electrons. The van der Waals surface area contributed by atoms with Gasteiger partial charge in [-0.1, -0.05) is 63.6 Å². The van der Waals surface area contributed by atoms with Crippen molar-refractivity contribution in [3.8, 4) is 17.0 Å².